The monoisotopic (exact) mass is 238 g/mol. The molecule has 0 spiro atoms. The van der Waals surface area contributed by atoms with Gasteiger partial charge in [0.2, 0.25) is 0 Å². The molecule has 92 valence electrons. The van der Waals surface area contributed by atoms with Crippen LogP contribution in [-0.4, -0.2) is 34.2 Å². The predicted molar refractivity (Wildman–Crippen MR) is 49.7 cm³/mol. The minimum atomic E-state index is -4.45. The molecule has 0 fully saturated rings. The lowest BCUT2D eigenvalue weighted by Crippen LogP contribution is -2.22. The Balaban J connectivity index is 2.52. The number of nitrogens with zero attached hydrogens (tertiary/aromatic N) is 2. The maximum absolute atomic E-state index is 12.2. The van der Waals surface area contributed by atoms with Crippen LogP contribution < -0.4 is 0 Å². The smallest absolute Gasteiger partial charge is 0.389 e. The lowest BCUT2D eigenvalue weighted by atomic mass is 10.4. The van der Waals surface area contributed by atoms with Gasteiger partial charge in [-0.1, -0.05) is 0 Å². The summed E-state index contributed by atoms with van der Waals surface area (Å²) < 4.78 is 42.5. The van der Waals surface area contributed by atoms with E-state index in [1.165, 1.54) is 6.20 Å². The Hall–Kier alpha value is -1.08. The van der Waals surface area contributed by atoms with Crippen LogP contribution in [0.1, 0.15) is 12.6 Å². The van der Waals surface area contributed by atoms with Gasteiger partial charge < -0.3 is 9.84 Å². The number of hydrogen-bond donors (Lipinski definition) is 1. The van der Waals surface area contributed by atoms with Crippen molar-refractivity contribution in [1.29, 1.82) is 0 Å². The van der Waals surface area contributed by atoms with Crippen LogP contribution in [0.15, 0.2) is 12.3 Å². The van der Waals surface area contributed by atoms with Crippen molar-refractivity contribution < 1.29 is 23.0 Å². The molecule has 0 aliphatic rings. The Morgan fingerprint density at radius 1 is 1.56 bits per heavy atom. The maximum Gasteiger partial charge on any atom is 0.435 e. The van der Waals surface area contributed by atoms with Crippen molar-refractivity contribution in [2.45, 2.75) is 25.7 Å². The summed E-state index contributed by atoms with van der Waals surface area (Å²) in [6.07, 6.45) is -4.13. The van der Waals surface area contributed by atoms with Gasteiger partial charge in [-0.15, -0.1) is 0 Å². The molecular formula is C9H13F3N2O2. The SMILES string of the molecule is CCOCC(O)Cn1ccc(C(F)(F)F)n1. The molecule has 0 saturated heterocycles. The van der Waals surface area contributed by atoms with Gasteiger partial charge in [-0.3, -0.25) is 4.68 Å². The van der Waals surface area contributed by atoms with E-state index in [1.54, 1.807) is 6.92 Å². The molecule has 1 heterocycles. The van der Waals surface area contributed by atoms with E-state index in [0.29, 0.717) is 6.61 Å². The van der Waals surface area contributed by atoms with Crippen LogP contribution in [0.3, 0.4) is 0 Å². The van der Waals surface area contributed by atoms with Crippen molar-refractivity contribution in [2.24, 2.45) is 0 Å². The van der Waals surface area contributed by atoms with E-state index in [-0.39, 0.29) is 13.2 Å². The van der Waals surface area contributed by atoms with Gasteiger partial charge >= 0.3 is 6.18 Å². The highest BCUT2D eigenvalue weighted by Gasteiger charge is 2.33. The van der Waals surface area contributed by atoms with Crippen molar-refractivity contribution in [3.05, 3.63) is 18.0 Å². The van der Waals surface area contributed by atoms with E-state index in [9.17, 15) is 18.3 Å². The zero-order valence-corrected chi connectivity index (χ0v) is 8.74. The average molecular weight is 238 g/mol. The van der Waals surface area contributed by atoms with E-state index in [4.69, 9.17) is 4.74 Å². The molecule has 0 radical (unpaired) electrons. The first-order chi connectivity index (χ1) is 7.43. The second-order valence-electron chi connectivity index (χ2n) is 3.23. The fourth-order valence-electron chi connectivity index (χ4n) is 1.14. The van der Waals surface area contributed by atoms with Crippen LogP contribution in [-0.2, 0) is 17.5 Å². The van der Waals surface area contributed by atoms with Crippen molar-refractivity contribution in [1.82, 2.24) is 9.78 Å². The van der Waals surface area contributed by atoms with Crippen molar-refractivity contribution in [2.75, 3.05) is 13.2 Å². The maximum atomic E-state index is 12.2. The van der Waals surface area contributed by atoms with E-state index in [0.717, 1.165) is 10.7 Å². The van der Waals surface area contributed by atoms with Crippen molar-refractivity contribution in [3.63, 3.8) is 0 Å². The Morgan fingerprint density at radius 3 is 2.75 bits per heavy atom. The first-order valence-electron chi connectivity index (χ1n) is 4.80. The zero-order valence-electron chi connectivity index (χ0n) is 8.74. The number of rotatable bonds is 5. The molecule has 1 rings (SSSR count). The third kappa shape index (κ3) is 3.82. The minimum Gasteiger partial charge on any atom is -0.389 e. The van der Waals surface area contributed by atoms with Crippen molar-refractivity contribution >= 4 is 0 Å². The van der Waals surface area contributed by atoms with Crippen LogP contribution >= 0.6 is 0 Å². The van der Waals surface area contributed by atoms with Gasteiger partial charge in [0.1, 0.15) is 0 Å². The Bertz CT molecular complexity index is 325. The molecule has 0 bridgehead atoms. The lowest BCUT2D eigenvalue weighted by Gasteiger charge is -2.10. The van der Waals surface area contributed by atoms with Gasteiger partial charge in [0, 0.05) is 12.8 Å². The highest BCUT2D eigenvalue weighted by atomic mass is 19.4. The van der Waals surface area contributed by atoms with Gasteiger partial charge in [-0.05, 0) is 13.0 Å². The van der Waals surface area contributed by atoms with E-state index >= 15 is 0 Å². The van der Waals surface area contributed by atoms with E-state index < -0.39 is 18.0 Å². The highest BCUT2D eigenvalue weighted by molar-refractivity contribution is 5.03. The molecular weight excluding hydrogens is 225 g/mol. The van der Waals surface area contributed by atoms with Crippen LogP contribution in [0, 0.1) is 0 Å². The molecule has 4 nitrogen and oxygen atoms in total. The molecule has 7 heteroatoms. The fraction of sp³-hybridized carbons (Fsp3) is 0.667. The summed E-state index contributed by atoms with van der Waals surface area (Å²) in [5.74, 6) is 0. The first kappa shape index (κ1) is 13.0. The number of ether oxygens (including phenoxy) is 1. The highest BCUT2D eigenvalue weighted by Crippen LogP contribution is 2.27. The van der Waals surface area contributed by atoms with E-state index in [1.807, 2.05) is 0 Å². The molecule has 0 aliphatic carbocycles. The summed E-state index contributed by atoms with van der Waals surface area (Å²) in [6, 6.07) is 0.868. The molecule has 1 aromatic rings. The molecule has 0 aliphatic heterocycles. The van der Waals surface area contributed by atoms with Gasteiger partial charge in [0.25, 0.3) is 0 Å². The summed E-state index contributed by atoms with van der Waals surface area (Å²) in [5.41, 5.74) is -0.962. The van der Waals surface area contributed by atoms with Gasteiger partial charge in [-0.25, -0.2) is 0 Å². The normalized spacial score (nSPS) is 14.1. The number of aliphatic hydroxyl groups excluding tert-OH is 1. The van der Waals surface area contributed by atoms with E-state index in [2.05, 4.69) is 5.10 Å². The largest absolute Gasteiger partial charge is 0.435 e. The lowest BCUT2D eigenvalue weighted by molar-refractivity contribution is -0.141. The average Bonchev–Trinajstić information content (AvgIpc) is 2.62. The summed E-state index contributed by atoms with van der Waals surface area (Å²) in [5, 5.41) is 12.7. The second kappa shape index (κ2) is 5.31. The number of aliphatic hydroxyl groups is 1. The van der Waals surface area contributed by atoms with Crippen LogP contribution in [0.25, 0.3) is 0 Å². The Morgan fingerprint density at radius 2 is 2.25 bits per heavy atom. The van der Waals surface area contributed by atoms with Gasteiger partial charge in [0.15, 0.2) is 5.69 Å². The Labute approximate surface area is 90.6 Å². The standard InChI is InChI=1S/C9H13F3N2O2/c1-2-16-6-7(15)5-14-4-3-8(13-14)9(10,11)12/h3-4,7,15H,2,5-6H2,1H3. The molecule has 1 aromatic heterocycles. The topological polar surface area (TPSA) is 47.3 Å². The molecule has 0 saturated carbocycles. The third-order valence-electron chi connectivity index (χ3n) is 1.84. The third-order valence-corrected chi connectivity index (χ3v) is 1.84. The molecule has 1 unspecified atom stereocenters. The number of alkyl halides is 3. The zero-order chi connectivity index (χ0) is 12.2. The van der Waals surface area contributed by atoms with Gasteiger partial charge in [-0.2, -0.15) is 18.3 Å². The number of hydrogen-bond acceptors (Lipinski definition) is 3. The fourth-order valence-corrected chi connectivity index (χ4v) is 1.14. The predicted octanol–water partition coefficient (Wildman–Crippen LogP) is 1.30. The minimum absolute atomic E-state index is 0.0178. The summed E-state index contributed by atoms with van der Waals surface area (Å²) in [4.78, 5) is 0. The Kier molecular flexibility index (Phi) is 4.31. The summed E-state index contributed by atoms with van der Waals surface area (Å²) in [7, 11) is 0. The van der Waals surface area contributed by atoms with Crippen molar-refractivity contribution in [3.8, 4) is 0 Å². The quantitative estimate of drug-likeness (QED) is 0.841. The molecule has 16 heavy (non-hydrogen) atoms. The molecule has 0 aromatic carbocycles. The van der Waals surface area contributed by atoms with Gasteiger partial charge in [0.05, 0.1) is 19.3 Å². The molecule has 1 atom stereocenters. The van der Waals surface area contributed by atoms with Crippen LogP contribution in [0.4, 0.5) is 13.2 Å². The number of aromatic nitrogens is 2. The molecule has 0 amide bonds. The first-order valence-corrected chi connectivity index (χ1v) is 4.80. The number of halogens is 3. The van der Waals surface area contributed by atoms with Crippen LogP contribution in [0.5, 0.6) is 0 Å². The molecule has 1 N–H and O–H groups in total. The van der Waals surface area contributed by atoms with Crippen LogP contribution in [0.2, 0.25) is 0 Å². The summed E-state index contributed by atoms with van der Waals surface area (Å²) >= 11 is 0. The summed E-state index contributed by atoms with van der Waals surface area (Å²) in [6.45, 7) is 2.28. The second-order valence-corrected chi connectivity index (χ2v) is 3.23.